The van der Waals surface area contributed by atoms with Gasteiger partial charge in [-0.3, -0.25) is 0 Å². The fraction of sp³-hybridized carbons (Fsp3) is 0.524. The molecule has 1 atom stereocenters. The number of nitrogens with one attached hydrogen (secondary N) is 1. The molecule has 1 aromatic carbocycles. The Morgan fingerprint density at radius 3 is 2.67 bits per heavy atom. The van der Waals surface area contributed by atoms with Gasteiger partial charge in [0.05, 0.1) is 5.38 Å². The second-order valence-electron chi connectivity index (χ2n) is 7.88. The van der Waals surface area contributed by atoms with Gasteiger partial charge < -0.3 is 5.32 Å². The molecule has 1 nitrogen and oxygen atoms in total. The number of hydrogen-bond donors (Lipinski definition) is 1. The first-order valence-electron chi connectivity index (χ1n) is 9.12. The van der Waals surface area contributed by atoms with Gasteiger partial charge in [0.2, 0.25) is 0 Å². The number of allylic oxidation sites excluding steroid dienone is 4. The third-order valence-corrected chi connectivity index (χ3v) is 6.47. The van der Waals surface area contributed by atoms with Crippen LogP contribution in [0.5, 0.6) is 0 Å². The number of benzene rings is 1. The van der Waals surface area contributed by atoms with Gasteiger partial charge in [0, 0.05) is 11.1 Å². The van der Waals surface area contributed by atoms with Gasteiger partial charge >= 0.3 is 0 Å². The smallest absolute Gasteiger partial charge is 0.123 e. The molecule has 2 aliphatic heterocycles. The van der Waals surface area contributed by atoms with Crippen molar-refractivity contribution in [2.75, 3.05) is 0 Å². The summed E-state index contributed by atoms with van der Waals surface area (Å²) in [6, 6.07) is 7.09. The van der Waals surface area contributed by atoms with Crippen molar-refractivity contribution >= 4 is 11.6 Å². The molecule has 1 unspecified atom stereocenters. The molecule has 0 aromatic heterocycles. The summed E-state index contributed by atoms with van der Waals surface area (Å²) < 4.78 is 13.5. The van der Waals surface area contributed by atoms with Gasteiger partial charge in [0.15, 0.2) is 0 Å². The molecule has 0 radical (unpaired) electrons. The van der Waals surface area contributed by atoms with Crippen LogP contribution >= 0.6 is 11.6 Å². The van der Waals surface area contributed by atoms with Crippen LogP contribution in [0, 0.1) is 5.82 Å². The first-order valence-corrected chi connectivity index (χ1v) is 9.55. The summed E-state index contributed by atoms with van der Waals surface area (Å²) in [5, 5.41) is 4.14. The van der Waals surface area contributed by atoms with Crippen molar-refractivity contribution in [1.82, 2.24) is 5.32 Å². The number of rotatable bonds is 5. The number of fused-ring (bicyclic) bond motifs is 2. The van der Waals surface area contributed by atoms with Gasteiger partial charge in [-0.05, 0) is 69.1 Å². The van der Waals surface area contributed by atoms with Crippen LogP contribution < -0.4 is 5.32 Å². The molecular formula is C21H25ClFN. The Hall–Kier alpha value is -1.12. The summed E-state index contributed by atoms with van der Waals surface area (Å²) >= 11 is 6.11. The molecule has 1 aromatic rings. The van der Waals surface area contributed by atoms with Crippen LogP contribution in [0.3, 0.4) is 0 Å². The highest BCUT2D eigenvalue weighted by atomic mass is 35.5. The molecule has 24 heavy (non-hydrogen) atoms. The SMILES string of the molecule is Fc1cccc(CC23CCC(CCC4=CCC(Cl)C=C4)(CC2)N3)c1. The van der Waals surface area contributed by atoms with Gasteiger partial charge in [-0.2, -0.15) is 0 Å². The van der Waals surface area contributed by atoms with Gasteiger partial charge in [0.1, 0.15) is 5.82 Å². The van der Waals surface area contributed by atoms with E-state index in [9.17, 15) is 4.39 Å². The Morgan fingerprint density at radius 2 is 1.96 bits per heavy atom. The van der Waals surface area contributed by atoms with E-state index in [1.54, 1.807) is 6.07 Å². The summed E-state index contributed by atoms with van der Waals surface area (Å²) in [7, 11) is 0. The molecule has 1 N–H and O–H groups in total. The molecule has 2 heterocycles. The molecule has 128 valence electrons. The molecule has 1 aliphatic carbocycles. The zero-order valence-corrected chi connectivity index (χ0v) is 14.8. The van der Waals surface area contributed by atoms with Crippen molar-refractivity contribution in [3.05, 3.63) is 59.4 Å². The quantitative estimate of drug-likeness (QED) is 0.714. The van der Waals surface area contributed by atoms with Gasteiger partial charge in [-0.15, -0.1) is 11.6 Å². The molecule has 0 spiro atoms. The lowest BCUT2D eigenvalue weighted by Crippen LogP contribution is -2.43. The van der Waals surface area contributed by atoms with Gasteiger partial charge in [-0.25, -0.2) is 4.39 Å². The Labute approximate surface area is 149 Å². The molecule has 4 rings (SSSR count). The molecule has 2 bridgehead atoms. The van der Waals surface area contributed by atoms with Crippen LogP contribution in [0.15, 0.2) is 48.1 Å². The second kappa shape index (κ2) is 6.31. The van der Waals surface area contributed by atoms with Crippen LogP contribution in [-0.2, 0) is 6.42 Å². The summed E-state index contributed by atoms with van der Waals surface area (Å²) in [5.41, 5.74) is 3.02. The third kappa shape index (κ3) is 3.32. The lowest BCUT2D eigenvalue weighted by molar-refractivity contribution is 0.358. The number of hydrogen-bond acceptors (Lipinski definition) is 1. The summed E-state index contributed by atoms with van der Waals surface area (Å²) in [5.74, 6) is -0.125. The topological polar surface area (TPSA) is 12.0 Å². The average molecular weight is 346 g/mol. The maximum atomic E-state index is 13.5. The lowest BCUT2D eigenvalue weighted by Gasteiger charge is -2.26. The largest absolute Gasteiger partial charge is 0.305 e. The lowest BCUT2D eigenvalue weighted by atomic mass is 9.77. The zero-order valence-electron chi connectivity index (χ0n) is 14.0. The summed E-state index contributed by atoms with van der Waals surface area (Å²) in [6.45, 7) is 0. The van der Waals surface area contributed by atoms with Crippen LogP contribution in [0.1, 0.15) is 50.5 Å². The van der Waals surface area contributed by atoms with E-state index in [1.165, 1.54) is 43.7 Å². The fourth-order valence-electron chi connectivity index (χ4n) is 4.80. The molecule has 2 fully saturated rings. The van der Waals surface area contributed by atoms with E-state index in [-0.39, 0.29) is 16.7 Å². The predicted molar refractivity (Wildman–Crippen MR) is 97.9 cm³/mol. The van der Waals surface area contributed by atoms with Gasteiger partial charge in [-0.1, -0.05) is 35.9 Å². The van der Waals surface area contributed by atoms with Crippen LogP contribution in [0.4, 0.5) is 4.39 Å². The molecular weight excluding hydrogens is 321 g/mol. The predicted octanol–water partition coefficient (Wildman–Crippen LogP) is 5.30. The Balaban J connectivity index is 1.38. The molecule has 0 amide bonds. The van der Waals surface area contributed by atoms with Crippen molar-refractivity contribution < 1.29 is 4.39 Å². The van der Waals surface area contributed by atoms with Crippen LogP contribution in [0.25, 0.3) is 0 Å². The van der Waals surface area contributed by atoms with E-state index in [4.69, 9.17) is 11.6 Å². The minimum absolute atomic E-state index is 0.125. The summed E-state index contributed by atoms with van der Waals surface area (Å²) in [6.07, 6.45) is 15.7. The molecule has 3 heteroatoms. The van der Waals surface area contributed by atoms with E-state index in [1.807, 2.05) is 6.07 Å². The normalized spacial score (nSPS) is 34.6. The van der Waals surface area contributed by atoms with Crippen molar-refractivity contribution in [1.29, 1.82) is 0 Å². The minimum atomic E-state index is -0.125. The average Bonchev–Trinajstić information content (AvgIpc) is 3.10. The zero-order chi connectivity index (χ0) is 16.6. The van der Waals surface area contributed by atoms with Crippen molar-refractivity contribution in [3.8, 4) is 0 Å². The highest BCUT2D eigenvalue weighted by Gasteiger charge is 2.52. The third-order valence-electron chi connectivity index (χ3n) is 6.14. The molecule has 3 aliphatic rings. The fourth-order valence-corrected chi connectivity index (χ4v) is 4.96. The van der Waals surface area contributed by atoms with Crippen molar-refractivity contribution in [2.24, 2.45) is 0 Å². The van der Waals surface area contributed by atoms with E-state index in [0.717, 1.165) is 24.8 Å². The number of alkyl halides is 1. The summed E-state index contributed by atoms with van der Waals surface area (Å²) in [4.78, 5) is 0. The van der Waals surface area contributed by atoms with E-state index >= 15 is 0 Å². The first kappa shape index (κ1) is 16.4. The Bertz CT molecular complexity index is 670. The number of halogens is 2. The van der Waals surface area contributed by atoms with Crippen LogP contribution in [-0.4, -0.2) is 16.5 Å². The molecule has 0 saturated carbocycles. The Morgan fingerprint density at radius 1 is 1.17 bits per heavy atom. The van der Waals surface area contributed by atoms with E-state index in [0.29, 0.717) is 5.54 Å². The van der Waals surface area contributed by atoms with Crippen molar-refractivity contribution in [3.63, 3.8) is 0 Å². The maximum Gasteiger partial charge on any atom is 0.123 e. The highest BCUT2D eigenvalue weighted by Crippen LogP contribution is 2.49. The Kier molecular flexibility index (Phi) is 4.30. The highest BCUT2D eigenvalue weighted by molar-refractivity contribution is 6.22. The van der Waals surface area contributed by atoms with E-state index in [2.05, 4.69) is 29.6 Å². The van der Waals surface area contributed by atoms with E-state index < -0.39 is 0 Å². The first-order chi connectivity index (χ1) is 11.6. The van der Waals surface area contributed by atoms with Crippen molar-refractivity contribution in [2.45, 2.75) is 67.8 Å². The molecule has 2 saturated heterocycles. The maximum absolute atomic E-state index is 13.5. The van der Waals surface area contributed by atoms with Gasteiger partial charge in [0.25, 0.3) is 0 Å². The standard InChI is InChI=1S/C21H25ClFN/c22-18-6-4-16(5-7-18)8-9-20-10-12-21(24-20,13-11-20)15-17-2-1-3-19(23)14-17/h1-6,14,18,24H,7-13,15H2. The van der Waals surface area contributed by atoms with Crippen LogP contribution in [0.2, 0.25) is 0 Å². The monoisotopic (exact) mass is 345 g/mol. The minimum Gasteiger partial charge on any atom is -0.305 e. The second-order valence-corrected chi connectivity index (χ2v) is 8.44.